The van der Waals surface area contributed by atoms with Crippen LogP contribution in [-0.4, -0.2) is 91.5 Å². The molecule has 2 fully saturated rings. The molecule has 0 radical (unpaired) electrons. The number of aromatic nitrogens is 2. The molecular weight excluding hydrogens is 624 g/mol. The molecular formula is C33H44N6O7S. The van der Waals surface area contributed by atoms with Gasteiger partial charge in [0.25, 0.3) is 11.8 Å². The Bertz CT molecular complexity index is 1780. The number of carboxylic acid groups (broad SMARTS) is 1. The van der Waals surface area contributed by atoms with Crippen molar-refractivity contribution in [1.82, 2.24) is 24.9 Å². The van der Waals surface area contributed by atoms with Crippen LogP contribution in [0.1, 0.15) is 99.0 Å². The van der Waals surface area contributed by atoms with Gasteiger partial charge in [-0.1, -0.05) is 32.9 Å². The fourth-order valence-electron chi connectivity index (χ4n) is 7.79. The second-order valence-electron chi connectivity index (χ2n) is 14.9. The summed E-state index contributed by atoms with van der Waals surface area (Å²) in [6.07, 6.45) is -0.278. The van der Waals surface area contributed by atoms with Crippen LogP contribution < -0.4 is 5.32 Å². The van der Waals surface area contributed by atoms with E-state index in [0.29, 0.717) is 30.4 Å². The van der Waals surface area contributed by atoms with Gasteiger partial charge in [-0.2, -0.15) is 10.4 Å². The molecule has 0 spiro atoms. The summed E-state index contributed by atoms with van der Waals surface area (Å²) in [6.45, 7) is 12.2. The first kappa shape index (κ1) is 34.4. The van der Waals surface area contributed by atoms with E-state index in [2.05, 4.69) is 16.5 Å². The van der Waals surface area contributed by atoms with E-state index >= 15 is 0 Å². The Balaban J connectivity index is 1.40. The molecule has 1 saturated heterocycles. The highest BCUT2D eigenvalue weighted by Gasteiger charge is 2.74. The average Bonchev–Trinajstić information content (AvgIpc) is 3.60. The number of benzene rings is 1. The Kier molecular flexibility index (Phi) is 8.08. The average molecular weight is 669 g/mol. The Hall–Kier alpha value is -3.96. The molecule has 3 heterocycles. The van der Waals surface area contributed by atoms with Gasteiger partial charge in [-0.15, -0.1) is 0 Å². The molecule has 2 aromatic rings. The monoisotopic (exact) mass is 668 g/mol. The van der Waals surface area contributed by atoms with Crippen molar-refractivity contribution in [2.24, 2.45) is 12.5 Å². The maximum Gasteiger partial charge on any atom is 0.410 e. The summed E-state index contributed by atoms with van der Waals surface area (Å²) in [5, 5.41) is 26.6. The maximum atomic E-state index is 14.9. The molecule has 47 heavy (non-hydrogen) atoms. The van der Waals surface area contributed by atoms with E-state index in [1.165, 1.54) is 14.5 Å². The third-order valence-electron chi connectivity index (χ3n) is 10.5. The maximum absolute atomic E-state index is 14.9. The number of amides is 3. The van der Waals surface area contributed by atoms with E-state index < -0.39 is 53.9 Å². The van der Waals surface area contributed by atoms with Gasteiger partial charge in [0, 0.05) is 32.2 Å². The molecule has 3 aliphatic rings. The Labute approximate surface area is 275 Å². The van der Waals surface area contributed by atoms with Gasteiger partial charge < -0.3 is 20.1 Å². The third-order valence-corrected chi connectivity index (χ3v) is 13.9. The van der Waals surface area contributed by atoms with Crippen molar-refractivity contribution in [2.75, 3.05) is 19.7 Å². The quantitative estimate of drug-likeness (QED) is 0.427. The number of sulfone groups is 1. The number of nitrogens with one attached hydrogen (secondary N) is 1. The SMILES string of the molecule is Cn1nc(C(=O)NCc2ccc(C#N)cc2)c2c1C(=O)N(CC1(S(=O)(=O)C(C)(C)C3(C(C)(C)C)COC(C)(C)N3C(=O)O)CC1)CC2. The van der Waals surface area contributed by atoms with Gasteiger partial charge in [0.1, 0.15) is 11.4 Å². The Morgan fingerprint density at radius 1 is 1.13 bits per heavy atom. The summed E-state index contributed by atoms with van der Waals surface area (Å²) in [5.41, 5.74) is -1.33. The van der Waals surface area contributed by atoms with Gasteiger partial charge in [0.05, 0.1) is 33.3 Å². The van der Waals surface area contributed by atoms with E-state index in [-0.39, 0.29) is 37.6 Å². The first-order chi connectivity index (χ1) is 21.7. The van der Waals surface area contributed by atoms with Crippen molar-refractivity contribution in [3.8, 4) is 6.07 Å². The zero-order valence-electron chi connectivity index (χ0n) is 28.3. The zero-order chi connectivity index (χ0) is 35.0. The highest BCUT2D eigenvalue weighted by Crippen LogP contribution is 2.59. The highest BCUT2D eigenvalue weighted by molar-refractivity contribution is 7.94. The Morgan fingerprint density at radius 3 is 2.28 bits per heavy atom. The number of nitrogens with zero attached hydrogens (tertiary/aromatic N) is 5. The van der Waals surface area contributed by atoms with Crippen molar-refractivity contribution in [1.29, 1.82) is 5.26 Å². The van der Waals surface area contributed by atoms with Gasteiger partial charge in [0.2, 0.25) is 0 Å². The molecule has 2 N–H and O–H groups in total. The van der Waals surface area contributed by atoms with Crippen LogP contribution in [0.15, 0.2) is 24.3 Å². The lowest BCUT2D eigenvalue weighted by Crippen LogP contribution is -2.74. The number of carbonyl (C=O) groups is 3. The summed E-state index contributed by atoms with van der Waals surface area (Å²) < 4.78 is 34.3. The predicted octanol–water partition coefficient (Wildman–Crippen LogP) is 3.48. The van der Waals surface area contributed by atoms with E-state index in [1.807, 2.05) is 20.8 Å². The Morgan fingerprint density at radius 2 is 1.74 bits per heavy atom. The van der Waals surface area contributed by atoms with Crippen LogP contribution in [0.25, 0.3) is 0 Å². The molecule has 14 heteroatoms. The minimum Gasteiger partial charge on any atom is -0.465 e. The minimum absolute atomic E-state index is 0.0556. The molecule has 0 bridgehead atoms. The summed E-state index contributed by atoms with van der Waals surface area (Å²) in [7, 11) is -2.53. The smallest absolute Gasteiger partial charge is 0.410 e. The van der Waals surface area contributed by atoms with Crippen LogP contribution in [0, 0.1) is 16.7 Å². The molecule has 2 aliphatic heterocycles. The number of ether oxygens (including phenoxy) is 1. The number of hydrogen-bond donors (Lipinski definition) is 2. The fraction of sp³-hybridized carbons (Fsp3) is 0.606. The molecule has 5 rings (SSSR count). The van der Waals surface area contributed by atoms with Crippen LogP contribution in [0.3, 0.4) is 0 Å². The standard InChI is InChI=1S/C33H44N6O7S/c1-29(2,3)33(20-46-31(6,7)39(33)28(42)43)30(4,5)47(44,45)32(14-15-32)19-38-16-13-23-24(36-37(8)25(23)27(38)41)26(40)35-18-22-11-9-21(17-34)10-12-22/h9-12H,13-16,18-20H2,1-8H3,(H,35,40)(H,42,43). The molecule has 13 nitrogen and oxygen atoms in total. The molecule has 1 atom stereocenters. The molecule has 1 saturated carbocycles. The van der Waals surface area contributed by atoms with Crippen molar-refractivity contribution in [3.05, 3.63) is 52.3 Å². The molecule has 254 valence electrons. The number of nitriles is 1. The predicted molar refractivity (Wildman–Crippen MR) is 172 cm³/mol. The molecule has 1 unspecified atom stereocenters. The highest BCUT2D eigenvalue weighted by atomic mass is 32.2. The van der Waals surface area contributed by atoms with Crippen molar-refractivity contribution >= 4 is 27.7 Å². The number of rotatable bonds is 8. The van der Waals surface area contributed by atoms with E-state index in [0.717, 1.165) is 5.56 Å². The van der Waals surface area contributed by atoms with E-state index in [4.69, 9.17) is 10.00 Å². The van der Waals surface area contributed by atoms with Crippen molar-refractivity contribution < 1.29 is 32.6 Å². The summed E-state index contributed by atoms with van der Waals surface area (Å²) in [4.78, 5) is 42.5. The van der Waals surface area contributed by atoms with Crippen LogP contribution in [0.4, 0.5) is 4.79 Å². The zero-order valence-corrected chi connectivity index (χ0v) is 29.1. The van der Waals surface area contributed by atoms with Crippen LogP contribution in [-0.2, 0) is 34.6 Å². The van der Waals surface area contributed by atoms with Gasteiger partial charge in [-0.05, 0) is 70.1 Å². The fourth-order valence-corrected chi connectivity index (χ4v) is 10.7. The topological polar surface area (TPSA) is 175 Å². The van der Waals surface area contributed by atoms with E-state index in [1.54, 1.807) is 59.0 Å². The largest absolute Gasteiger partial charge is 0.465 e. The van der Waals surface area contributed by atoms with Gasteiger partial charge in [-0.25, -0.2) is 13.2 Å². The third kappa shape index (κ3) is 5.09. The number of fused-ring (bicyclic) bond motifs is 1. The first-order valence-corrected chi connectivity index (χ1v) is 17.2. The normalized spacial score (nSPS) is 22.1. The summed E-state index contributed by atoms with van der Waals surface area (Å²) in [5.74, 6) is -0.845. The van der Waals surface area contributed by atoms with Gasteiger partial charge >= 0.3 is 6.09 Å². The second kappa shape index (κ2) is 11.1. The number of aryl methyl sites for hydroxylation is 1. The molecule has 1 aliphatic carbocycles. The van der Waals surface area contributed by atoms with Gasteiger partial charge in [-0.3, -0.25) is 19.2 Å². The van der Waals surface area contributed by atoms with Crippen LogP contribution in [0.2, 0.25) is 0 Å². The lowest BCUT2D eigenvalue weighted by Gasteiger charge is -2.56. The summed E-state index contributed by atoms with van der Waals surface area (Å²) >= 11 is 0. The van der Waals surface area contributed by atoms with Crippen LogP contribution in [0.5, 0.6) is 0 Å². The van der Waals surface area contributed by atoms with Gasteiger partial charge in [0.15, 0.2) is 15.5 Å². The number of carbonyl (C=O) groups excluding carboxylic acids is 2. The molecule has 1 aromatic heterocycles. The van der Waals surface area contributed by atoms with Crippen molar-refractivity contribution in [3.63, 3.8) is 0 Å². The van der Waals surface area contributed by atoms with Crippen LogP contribution >= 0.6 is 0 Å². The minimum atomic E-state index is -4.11. The lowest BCUT2D eigenvalue weighted by atomic mass is 9.66. The lowest BCUT2D eigenvalue weighted by molar-refractivity contribution is -0.0630. The van der Waals surface area contributed by atoms with Crippen molar-refractivity contribution in [2.45, 2.75) is 95.0 Å². The first-order valence-electron chi connectivity index (χ1n) is 15.7. The van der Waals surface area contributed by atoms with E-state index in [9.17, 15) is 27.9 Å². The molecule has 1 aromatic carbocycles. The second-order valence-corrected chi connectivity index (χ2v) is 17.8. The number of hydrogen-bond acceptors (Lipinski definition) is 8. The summed E-state index contributed by atoms with van der Waals surface area (Å²) in [6, 6.07) is 8.89. The molecule has 3 amide bonds.